The van der Waals surface area contributed by atoms with Crippen LogP contribution >= 0.6 is 0 Å². The predicted molar refractivity (Wildman–Crippen MR) is 77.0 cm³/mol. The van der Waals surface area contributed by atoms with Gasteiger partial charge in [-0.25, -0.2) is 0 Å². The van der Waals surface area contributed by atoms with E-state index in [9.17, 15) is 4.79 Å². The number of benzene rings is 1. The normalized spacial score (nSPS) is 11.4. The molecule has 0 saturated carbocycles. The first-order valence-electron chi connectivity index (χ1n) is 6.77. The van der Waals surface area contributed by atoms with Crippen molar-refractivity contribution in [3.63, 3.8) is 0 Å². The molecule has 18 heavy (non-hydrogen) atoms. The summed E-state index contributed by atoms with van der Waals surface area (Å²) in [6.45, 7) is 12.5. The van der Waals surface area contributed by atoms with Crippen LogP contribution in [0.3, 0.4) is 0 Å². The molecule has 1 rings (SSSR count). The molecule has 0 aromatic heterocycles. The Bertz CT molecular complexity index is 382. The third-order valence-electron chi connectivity index (χ3n) is 3.17. The van der Waals surface area contributed by atoms with Crippen molar-refractivity contribution in [1.82, 2.24) is 4.90 Å². The summed E-state index contributed by atoms with van der Waals surface area (Å²) < 4.78 is 0. The van der Waals surface area contributed by atoms with Crippen LogP contribution in [0.4, 0.5) is 0 Å². The van der Waals surface area contributed by atoms with E-state index in [2.05, 4.69) is 53.7 Å². The average Bonchev–Trinajstić information content (AvgIpc) is 2.28. The maximum Gasteiger partial charge on any atom is 0.254 e. The molecule has 0 bridgehead atoms. The van der Waals surface area contributed by atoms with Gasteiger partial charge in [-0.05, 0) is 51.3 Å². The second kappa shape index (κ2) is 6.03. The zero-order valence-corrected chi connectivity index (χ0v) is 12.4. The van der Waals surface area contributed by atoms with Gasteiger partial charge >= 0.3 is 0 Å². The summed E-state index contributed by atoms with van der Waals surface area (Å²) in [5.41, 5.74) is 2.05. The van der Waals surface area contributed by atoms with Crippen molar-refractivity contribution >= 4 is 5.91 Å². The maximum atomic E-state index is 12.4. The molecule has 0 aliphatic carbocycles. The number of nitrogens with zero attached hydrogens (tertiary/aromatic N) is 1. The fourth-order valence-electron chi connectivity index (χ4n) is 2.22. The van der Waals surface area contributed by atoms with E-state index in [4.69, 9.17) is 0 Å². The first-order chi connectivity index (χ1) is 8.34. The van der Waals surface area contributed by atoms with E-state index in [1.807, 2.05) is 17.0 Å². The minimum Gasteiger partial charge on any atom is -0.334 e. The van der Waals surface area contributed by atoms with Gasteiger partial charge in [0.05, 0.1) is 0 Å². The Balaban J connectivity index is 2.95. The van der Waals surface area contributed by atoms with Crippen molar-refractivity contribution in [2.45, 2.75) is 59.5 Å². The zero-order chi connectivity index (χ0) is 13.9. The molecule has 1 amide bonds. The third kappa shape index (κ3) is 3.34. The van der Waals surface area contributed by atoms with E-state index in [0.29, 0.717) is 5.92 Å². The highest BCUT2D eigenvalue weighted by atomic mass is 16.2. The number of carbonyl (C=O) groups is 1. The molecule has 2 heteroatoms. The first-order valence-corrected chi connectivity index (χ1v) is 6.77. The standard InChI is InChI=1S/C16H25NO/c1-11(2)14-7-9-15(10-8-14)16(18)17(12(3)4)13(5)6/h7-13H,1-6H3. The lowest BCUT2D eigenvalue weighted by molar-refractivity contribution is 0.0643. The fraction of sp³-hybridized carbons (Fsp3) is 0.562. The van der Waals surface area contributed by atoms with Gasteiger partial charge in [-0.3, -0.25) is 4.79 Å². The number of amides is 1. The Hall–Kier alpha value is -1.31. The minimum absolute atomic E-state index is 0.121. The van der Waals surface area contributed by atoms with Gasteiger partial charge in [0.1, 0.15) is 0 Å². The van der Waals surface area contributed by atoms with Crippen LogP contribution in [0.5, 0.6) is 0 Å². The molecule has 0 atom stereocenters. The summed E-state index contributed by atoms with van der Waals surface area (Å²) in [5.74, 6) is 0.621. The van der Waals surface area contributed by atoms with E-state index in [1.165, 1.54) is 5.56 Å². The highest BCUT2D eigenvalue weighted by Crippen LogP contribution is 2.17. The van der Waals surface area contributed by atoms with Crippen molar-refractivity contribution in [3.05, 3.63) is 35.4 Å². The first kappa shape index (κ1) is 14.7. The van der Waals surface area contributed by atoms with Crippen molar-refractivity contribution in [2.75, 3.05) is 0 Å². The Labute approximate surface area is 111 Å². The van der Waals surface area contributed by atoms with Gasteiger partial charge < -0.3 is 4.90 Å². The summed E-state index contributed by atoms with van der Waals surface area (Å²) >= 11 is 0. The van der Waals surface area contributed by atoms with Crippen molar-refractivity contribution in [3.8, 4) is 0 Å². The van der Waals surface area contributed by atoms with E-state index in [0.717, 1.165) is 5.56 Å². The number of hydrogen-bond acceptors (Lipinski definition) is 1. The Morgan fingerprint density at radius 3 is 1.67 bits per heavy atom. The van der Waals surface area contributed by atoms with Gasteiger partial charge in [0, 0.05) is 17.6 Å². The van der Waals surface area contributed by atoms with Gasteiger partial charge in [0.2, 0.25) is 0 Å². The lowest BCUT2D eigenvalue weighted by Crippen LogP contribution is -2.42. The second-order valence-corrected chi connectivity index (χ2v) is 5.68. The summed E-state index contributed by atoms with van der Waals surface area (Å²) in [6, 6.07) is 8.43. The third-order valence-corrected chi connectivity index (χ3v) is 3.17. The topological polar surface area (TPSA) is 20.3 Å². The highest BCUT2D eigenvalue weighted by molar-refractivity contribution is 5.94. The van der Waals surface area contributed by atoms with Crippen LogP contribution in [0.2, 0.25) is 0 Å². The molecule has 0 fully saturated rings. The molecule has 2 nitrogen and oxygen atoms in total. The molecule has 0 N–H and O–H groups in total. The lowest BCUT2D eigenvalue weighted by atomic mass is 10.0. The van der Waals surface area contributed by atoms with Crippen molar-refractivity contribution in [1.29, 1.82) is 0 Å². The van der Waals surface area contributed by atoms with Crippen LogP contribution in [0.1, 0.15) is 63.4 Å². The molecule has 0 aliphatic heterocycles. The molecular weight excluding hydrogens is 222 g/mol. The Morgan fingerprint density at radius 2 is 1.33 bits per heavy atom. The molecule has 1 aromatic rings. The van der Waals surface area contributed by atoms with E-state index in [-0.39, 0.29) is 18.0 Å². The Kier molecular flexibility index (Phi) is 4.94. The van der Waals surface area contributed by atoms with E-state index < -0.39 is 0 Å². The lowest BCUT2D eigenvalue weighted by Gasteiger charge is -2.31. The second-order valence-electron chi connectivity index (χ2n) is 5.68. The monoisotopic (exact) mass is 247 g/mol. The van der Waals surface area contributed by atoms with Gasteiger partial charge in [0.15, 0.2) is 0 Å². The molecule has 0 spiro atoms. The molecule has 0 heterocycles. The summed E-state index contributed by atoms with van der Waals surface area (Å²) in [6.07, 6.45) is 0. The summed E-state index contributed by atoms with van der Waals surface area (Å²) in [4.78, 5) is 14.4. The van der Waals surface area contributed by atoms with E-state index in [1.54, 1.807) is 0 Å². The van der Waals surface area contributed by atoms with Crippen LogP contribution in [0, 0.1) is 0 Å². The smallest absolute Gasteiger partial charge is 0.254 e. The fourth-order valence-corrected chi connectivity index (χ4v) is 2.22. The van der Waals surface area contributed by atoms with Gasteiger partial charge in [-0.2, -0.15) is 0 Å². The maximum absolute atomic E-state index is 12.4. The van der Waals surface area contributed by atoms with Gasteiger partial charge in [0.25, 0.3) is 5.91 Å². The van der Waals surface area contributed by atoms with Crippen LogP contribution in [-0.4, -0.2) is 22.9 Å². The minimum atomic E-state index is 0.121. The highest BCUT2D eigenvalue weighted by Gasteiger charge is 2.21. The Morgan fingerprint density at radius 1 is 0.889 bits per heavy atom. The zero-order valence-electron chi connectivity index (χ0n) is 12.4. The van der Waals surface area contributed by atoms with Crippen molar-refractivity contribution < 1.29 is 4.79 Å². The molecule has 0 radical (unpaired) electrons. The summed E-state index contributed by atoms with van der Waals surface area (Å²) in [7, 11) is 0. The molecule has 0 saturated heterocycles. The number of hydrogen-bond donors (Lipinski definition) is 0. The molecule has 0 unspecified atom stereocenters. The van der Waals surface area contributed by atoms with Gasteiger partial charge in [-0.1, -0.05) is 26.0 Å². The summed E-state index contributed by atoms with van der Waals surface area (Å²) in [5, 5.41) is 0. The average molecular weight is 247 g/mol. The van der Waals surface area contributed by atoms with Gasteiger partial charge in [-0.15, -0.1) is 0 Å². The van der Waals surface area contributed by atoms with Crippen LogP contribution in [0.25, 0.3) is 0 Å². The van der Waals surface area contributed by atoms with E-state index >= 15 is 0 Å². The molecular formula is C16H25NO. The number of rotatable bonds is 4. The molecule has 1 aromatic carbocycles. The van der Waals surface area contributed by atoms with Crippen LogP contribution in [-0.2, 0) is 0 Å². The number of carbonyl (C=O) groups excluding carboxylic acids is 1. The quantitative estimate of drug-likeness (QED) is 0.785. The predicted octanol–water partition coefficient (Wildman–Crippen LogP) is 4.07. The van der Waals surface area contributed by atoms with Crippen LogP contribution in [0.15, 0.2) is 24.3 Å². The largest absolute Gasteiger partial charge is 0.334 e. The molecule has 100 valence electrons. The van der Waals surface area contributed by atoms with Crippen molar-refractivity contribution in [2.24, 2.45) is 0 Å². The molecule has 0 aliphatic rings. The SMILES string of the molecule is CC(C)c1ccc(C(=O)N(C(C)C)C(C)C)cc1. The van der Waals surface area contributed by atoms with Crippen LogP contribution < -0.4 is 0 Å².